The van der Waals surface area contributed by atoms with Crippen LogP contribution < -0.4 is 5.32 Å². The van der Waals surface area contributed by atoms with Crippen LogP contribution in [0.2, 0.25) is 0 Å². The number of unbranched alkanes of at least 4 members (excludes halogenated alkanes) is 1. The summed E-state index contributed by atoms with van der Waals surface area (Å²) in [5.74, 6) is 0.750. The first-order valence-electron chi connectivity index (χ1n) is 7.60. The van der Waals surface area contributed by atoms with Gasteiger partial charge in [-0.3, -0.25) is 0 Å². The van der Waals surface area contributed by atoms with Crippen molar-refractivity contribution < 1.29 is 4.74 Å². The zero-order valence-electron chi connectivity index (χ0n) is 12.7. The van der Waals surface area contributed by atoms with Crippen molar-refractivity contribution in [2.45, 2.75) is 53.0 Å². The Morgan fingerprint density at radius 3 is 2.79 bits per heavy atom. The fourth-order valence-electron chi connectivity index (χ4n) is 2.08. The number of hydrogen-bond donors (Lipinski definition) is 1. The molecule has 0 radical (unpaired) electrons. The minimum absolute atomic E-state index is 0.750. The molecule has 110 valence electrons. The second kappa shape index (κ2) is 10.4. The molecule has 1 heterocycles. The van der Waals surface area contributed by atoms with E-state index in [0.717, 1.165) is 32.2 Å². The molecule has 1 atom stereocenters. The number of nitrogens with one attached hydrogen (secondary N) is 1. The maximum absolute atomic E-state index is 5.77. The summed E-state index contributed by atoms with van der Waals surface area (Å²) in [6.07, 6.45) is 5.17. The molecule has 0 aliphatic heterocycles. The van der Waals surface area contributed by atoms with E-state index in [1.54, 1.807) is 0 Å². The molecule has 0 saturated carbocycles. The summed E-state index contributed by atoms with van der Waals surface area (Å²) in [5, 5.41) is 3.44. The lowest BCUT2D eigenvalue weighted by Crippen LogP contribution is -2.20. The van der Waals surface area contributed by atoms with E-state index < -0.39 is 0 Å². The lowest BCUT2D eigenvalue weighted by atomic mass is 10.0. The van der Waals surface area contributed by atoms with Crippen molar-refractivity contribution in [3.05, 3.63) is 21.9 Å². The number of ether oxygens (including phenoxy) is 1. The van der Waals surface area contributed by atoms with E-state index in [-0.39, 0.29) is 0 Å². The van der Waals surface area contributed by atoms with Crippen LogP contribution in [0.1, 0.15) is 49.3 Å². The summed E-state index contributed by atoms with van der Waals surface area (Å²) in [6, 6.07) is 4.38. The van der Waals surface area contributed by atoms with Crippen LogP contribution in [-0.2, 0) is 11.3 Å². The molecule has 19 heavy (non-hydrogen) atoms. The molecule has 2 nitrogen and oxygen atoms in total. The van der Waals surface area contributed by atoms with Crippen molar-refractivity contribution >= 4 is 11.3 Å². The van der Waals surface area contributed by atoms with Crippen molar-refractivity contribution in [2.24, 2.45) is 5.92 Å². The van der Waals surface area contributed by atoms with Crippen molar-refractivity contribution in [3.63, 3.8) is 0 Å². The molecule has 1 rings (SSSR count). The van der Waals surface area contributed by atoms with Gasteiger partial charge >= 0.3 is 0 Å². The molecule has 1 N–H and O–H groups in total. The quantitative estimate of drug-likeness (QED) is 0.609. The topological polar surface area (TPSA) is 21.3 Å². The monoisotopic (exact) mass is 283 g/mol. The van der Waals surface area contributed by atoms with Gasteiger partial charge in [0.05, 0.1) is 6.61 Å². The Morgan fingerprint density at radius 1 is 1.32 bits per heavy atom. The highest BCUT2D eigenvalue weighted by molar-refractivity contribution is 7.11. The van der Waals surface area contributed by atoms with Crippen LogP contribution in [0.25, 0.3) is 0 Å². The van der Waals surface area contributed by atoms with E-state index in [9.17, 15) is 0 Å². The Labute approximate surface area is 122 Å². The predicted octanol–water partition coefficient (Wildman–Crippen LogP) is 4.38. The highest BCUT2D eigenvalue weighted by atomic mass is 32.1. The van der Waals surface area contributed by atoms with E-state index in [1.165, 1.54) is 35.4 Å². The van der Waals surface area contributed by atoms with Gasteiger partial charge in [0, 0.05) is 29.5 Å². The largest absolute Gasteiger partial charge is 0.380 e. The molecule has 0 aromatic carbocycles. The average molecular weight is 283 g/mol. The van der Waals surface area contributed by atoms with E-state index >= 15 is 0 Å². The molecule has 0 spiro atoms. The SMILES string of the molecule is CCCCC(CC)COCCNCc1ccc(C)s1. The lowest BCUT2D eigenvalue weighted by Gasteiger charge is -2.14. The standard InChI is InChI=1S/C16H29NOS/c1-4-6-7-15(5-2)13-18-11-10-17-12-16-9-8-14(3)19-16/h8-9,15,17H,4-7,10-13H2,1-3H3. The number of rotatable bonds is 11. The molecule has 0 saturated heterocycles. The third-order valence-electron chi connectivity index (χ3n) is 3.42. The zero-order chi connectivity index (χ0) is 13.9. The number of thiophene rings is 1. The summed E-state index contributed by atoms with van der Waals surface area (Å²) in [4.78, 5) is 2.79. The van der Waals surface area contributed by atoms with Crippen LogP contribution in [0.5, 0.6) is 0 Å². The molecule has 1 aromatic heterocycles. The minimum Gasteiger partial charge on any atom is -0.380 e. The van der Waals surface area contributed by atoms with E-state index in [2.05, 4.69) is 38.2 Å². The maximum Gasteiger partial charge on any atom is 0.0591 e. The number of hydrogen-bond acceptors (Lipinski definition) is 3. The van der Waals surface area contributed by atoms with E-state index in [0.29, 0.717) is 0 Å². The minimum atomic E-state index is 0.750. The average Bonchev–Trinajstić information content (AvgIpc) is 2.83. The molecular formula is C16H29NOS. The van der Waals surface area contributed by atoms with Gasteiger partial charge in [-0.1, -0.05) is 33.1 Å². The van der Waals surface area contributed by atoms with Gasteiger partial charge in [0.2, 0.25) is 0 Å². The Balaban J connectivity index is 1.98. The molecule has 1 unspecified atom stereocenters. The first-order chi connectivity index (χ1) is 9.26. The molecule has 0 amide bonds. The molecule has 0 bridgehead atoms. The Morgan fingerprint density at radius 2 is 2.16 bits per heavy atom. The molecule has 0 aliphatic rings. The van der Waals surface area contributed by atoms with E-state index in [1.807, 2.05) is 11.3 Å². The van der Waals surface area contributed by atoms with Crippen LogP contribution >= 0.6 is 11.3 Å². The first kappa shape index (κ1) is 16.7. The highest BCUT2D eigenvalue weighted by Crippen LogP contribution is 2.14. The van der Waals surface area contributed by atoms with Crippen molar-refractivity contribution in [1.29, 1.82) is 0 Å². The van der Waals surface area contributed by atoms with Gasteiger partial charge in [-0.2, -0.15) is 0 Å². The lowest BCUT2D eigenvalue weighted by molar-refractivity contribution is 0.0956. The van der Waals surface area contributed by atoms with Gasteiger partial charge in [-0.25, -0.2) is 0 Å². The van der Waals surface area contributed by atoms with Crippen molar-refractivity contribution in [3.8, 4) is 0 Å². The van der Waals surface area contributed by atoms with Crippen molar-refractivity contribution in [1.82, 2.24) is 5.32 Å². The van der Waals surface area contributed by atoms with Crippen LogP contribution in [0.4, 0.5) is 0 Å². The summed E-state index contributed by atoms with van der Waals surface area (Å²) in [6.45, 7) is 10.3. The summed E-state index contributed by atoms with van der Waals surface area (Å²) in [7, 11) is 0. The Bertz CT molecular complexity index is 324. The van der Waals surface area contributed by atoms with Gasteiger partial charge in [0.25, 0.3) is 0 Å². The zero-order valence-corrected chi connectivity index (χ0v) is 13.5. The Hall–Kier alpha value is -0.380. The molecule has 0 fully saturated rings. The summed E-state index contributed by atoms with van der Waals surface area (Å²) < 4.78 is 5.77. The van der Waals surface area contributed by atoms with Crippen LogP contribution in [0.15, 0.2) is 12.1 Å². The summed E-state index contributed by atoms with van der Waals surface area (Å²) >= 11 is 1.87. The molecule has 1 aromatic rings. The van der Waals surface area contributed by atoms with Crippen molar-refractivity contribution in [2.75, 3.05) is 19.8 Å². The number of aryl methyl sites for hydroxylation is 1. The van der Waals surface area contributed by atoms with Gasteiger partial charge in [-0.05, 0) is 31.4 Å². The van der Waals surface area contributed by atoms with Crippen LogP contribution in [0, 0.1) is 12.8 Å². The van der Waals surface area contributed by atoms with Crippen LogP contribution in [-0.4, -0.2) is 19.8 Å². The van der Waals surface area contributed by atoms with Gasteiger partial charge in [0.15, 0.2) is 0 Å². The fourth-order valence-corrected chi connectivity index (χ4v) is 2.94. The van der Waals surface area contributed by atoms with E-state index in [4.69, 9.17) is 4.74 Å². The third kappa shape index (κ3) is 7.71. The second-order valence-electron chi connectivity index (χ2n) is 5.18. The van der Waals surface area contributed by atoms with Gasteiger partial charge < -0.3 is 10.1 Å². The predicted molar refractivity (Wildman–Crippen MR) is 84.9 cm³/mol. The highest BCUT2D eigenvalue weighted by Gasteiger charge is 2.05. The third-order valence-corrected chi connectivity index (χ3v) is 4.42. The fraction of sp³-hybridized carbons (Fsp3) is 0.750. The molecular weight excluding hydrogens is 254 g/mol. The normalized spacial score (nSPS) is 12.8. The Kier molecular flexibility index (Phi) is 9.14. The maximum atomic E-state index is 5.77. The molecule has 0 aliphatic carbocycles. The smallest absolute Gasteiger partial charge is 0.0591 e. The first-order valence-corrected chi connectivity index (χ1v) is 8.41. The second-order valence-corrected chi connectivity index (χ2v) is 6.55. The van der Waals surface area contributed by atoms with Crippen LogP contribution in [0.3, 0.4) is 0 Å². The molecule has 3 heteroatoms. The van der Waals surface area contributed by atoms with Gasteiger partial charge in [-0.15, -0.1) is 11.3 Å². The summed E-state index contributed by atoms with van der Waals surface area (Å²) in [5.41, 5.74) is 0. The van der Waals surface area contributed by atoms with Gasteiger partial charge in [0.1, 0.15) is 0 Å².